The van der Waals surface area contributed by atoms with Gasteiger partial charge in [0.05, 0.1) is 22.9 Å². The van der Waals surface area contributed by atoms with Crippen molar-refractivity contribution in [1.82, 2.24) is 4.98 Å². The van der Waals surface area contributed by atoms with Gasteiger partial charge in [0.25, 0.3) is 0 Å². The topological polar surface area (TPSA) is 40.6 Å². The van der Waals surface area contributed by atoms with Crippen LogP contribution in [0.5, 0.6) is 5.75 Å². The molecule has 3 rings (SSSR count). The van der Waals surface area contributed by atoms with Crippen molar-refractivity contribution >= 4 is 12.7 Å². The summed E-state index contributed by atoms with van der Waals surface area (Å²) in [5.74, 6) is 0.930. The second-order valence-electron chi connectivity index (χ2n) is 6.93. The zero-order valence-corrected chi connectivity index (χ0v) is 13.6. The Labute approximate surface area is 127 Å². The van der Waals surface area contributed by atoms with Crippen LogP contribution in [0.1, 0.15) is 53.0 Å². The van der Waals surface area contributed by atoms with Crippen LogP contribution in [0.2, 0.25) is 0 Å². The van der Waals surface area contributed by atoms with E-state index in [2.05, 4.69) is 39.6 Å². The van der Waals surface area contributed by atoms with Crippen LogP contribution >= 0.6 is 0 Å². The number of pyridine rings is 1. The first-order chi connectivity index (χ1) is 9.84. The highest BCUT2D eigenvalue weighted by Crippen LogP contribution is 2.37. The van der Waals surface area contributed by atoms with Crippen LogP contribution in [0, 0.1) is 0 Å². The molecule has 2 heterocycles. The van der Waals surface area contributed by atoms with Crippen LogP contribution in [-0.4, -0.2) is 29.4 Å². The van der Waals surface area contributed by atoms with Crippen LogP contribution < -0.4 is 10.3 Å². The molecule has 0 bridgehead atoms. The summed E-state index contributed by atoms with van der Waals surface area (Å²) in [6.45, 7) is 10.4. The maximum absolute atomic E-state index is 6.13. The fraction of sp³-hybridized carbons (Fsp3) is 0.688. The Morgan fingerprint density at radius 2 is 1.86 bits per heavy atom. The molecule has 2 aliphatic rings. The maximum atomic E-state index is 6.13. The summed E-state index contributed by atoms with van der Waals surface area (Å²) in [6, 6.07) is 1.95. The lowest BCUT2D eigenvalue weighted by molar-refractivity contribution is 0.00578. The van der Waals surface area contributed by atoms with E-state index in [4.69, 9.17) is 14.0 Å². The van der Waals surface area contributed by atoms with Gasteiger partial charge >= 0.3 is 7.12 Å². The summed E-state index contributed by atoms with van der Waals surface area (Å²) < 4.78 is 18.3. The first kappa shape index (κ1) is 14.9. The summed E-state index contributed by atoms with van der Waals surface area (Å²) in [7, 11) is -0.423. The minimum Gasteiger partial charge on any atom is -0.490 e. The van der Waals surface area contributed by atoms with Crippen LogP contribution in [0.25, 0.3) is 0 Å². The van der Waals surface area contributed by atoms with E-state index in [9.17, 15) is 0 Å². The molecule has 1 aliphatic carbocycles. The summed E-state index contributed by atoms with van der Waals surface area (Å²) in [4.78, 5) is 4.52. The van der Waals surface area contributed by atoms with Gasteiger partial charge in [-0.3, -0.25) is 4.98 Å². The molecule has 114 valence electrons. The van der Waals surface area contributed by atoms with Gasteiger partial charge in [0, 0.05) is 11.8 Å². The van der Waals surface area contributed by atoms with Gasteiger partial charge in [-0.2, -0.15) is 0 Å². The average Bonchev–Trinajstić information content (AvgIpc) is 3.17. The lowest BCUT2D eigenvalue weighted by Crippen LogP contribution is -2.41. The van der Waals surface area contributed by atoms with Crippen molar-refractivity contribution in [2.24, 2.45) is 0 Å². The van der Waals surface area contributed by atoms with Gasteiger partial charge in [0.15, 0.2) is 0 Å². The predicted molar refractivity (Wildman–Crippen MR) is 83.0 cm³/mol. The van der Waals surface area contributed by atoms with Gasteiger partial charge in [-0.05, 0) is 53.0 Å². The molecule has 0 radical (unpaired) electrons. The molecule has 0 amide bonds. The van der Waals surface area contributed by atoms with Crippen LogP contribution in [0.4, 0.5) is 0 Å². The number of nitrogens with zero attached hydrogens (tertiary/aromatic N) is 1. The zero-order chi connectivity index (χ0) is 15.3. The third kappa shape index (κ3) is 2.69. The molecule has 2 fully saturated rings. The standard InChI is InChI=1S/C16H24BNO3/c1-6-12-13(19-11-7-8-11)9-10-18-14(12)17-20-15(2,3)16(4,5)21-17/h9-11H,6-8H2,1-5H3. The molecule has 21 heavy (non-hydrogen) atoms. The normalized spacial score (nSPS) is 23.4. The Bertz CT molecular complexity index is 524. The minimum atomic E-state index is -0.423. The highest BCUT2D eigenvalue weighted by atomic mass is 16.7. The van der Waals surface area contributed by atoms with Crippen molar-refractivity contribution in [3.63, 3.8) is 0 Å². The van der Waals surface area contributed by atoms with E-state index in [1.807, 2.05) is 6.07 Å². The Kier molecular flexibility index (Phi) is 3.53. The van der Waals surface area contributed by atoms with E-state index in [1.165, 1.54) is 0 Å². The first-order valence-electron chi connectivity index (χ1n) is 7.84. The fourth-order valence-electron chi connectivity index (χ4n) is 2.48. The van der Waals surface area contributed by atoms with Gasteiger partial charge in [-0.15, -0.1) is 0 Å². The van der Waals surface area contributed by atoms with Crippen molar-refractivity contribution in [3.8, 4) is 5.75 Å². The number of rotatable bonds is 4. The first-order valence-corrected chi connectivity index (χ1v) is 7.84. The van der Waals surface area contributed by atoms with E-state index in [1.54, 1.807) is 6.20 Å². The average molecular weight is 289 g/mol. The minimum absolute atomic E-state index is 0.349. The molecule has 5 heteroatoms. The summed E-state index contributed by atoms with van der Waals surface area (Å²) >= 11 is 0. The summed E-state index contributed by atoms with van der Waals surface area (Å²) in [5, 5.41) is 0. The van der Waals surface area contributed by atoms with Crippen LogP contribution in [0.15, 0.2) is 12.3 Å². The van der Waals surface area contributed by atoms with Gasteiger partial charge in [0.1, 0.15) is 5.75 Å². The molecule has 0 aromatic carbocycles. The van der Waals surface area contributed by atoms with Crippen LogP contribution in [0.3, 0.4) is 0 Å². The number of hydrogen-bond acceptors (Lipinski definition) is 4. The highest BCUT2D eigenvalue weighted by molar-refractivity contribution is 6.61. The van der Waals surface area contributed by atoms with Gasteiger partial charge in [-0.25, -0.2) is 0 Å². The second kappa shape index (κ2) is 4.99. The maximum Gasteiger partial charge on any atom is 0.514 e. The third-order valence-electron chi connectivity index (χ3n) is 4.69. The number of aromatic nitrogens is 1. The molecule has 0 spiro atoms. The van der Waals surface area contributed by atoms with Crippen molar-refractivity contribution in [3.05, 3.63) is 17.8 Å². The molecule has 1 aromatic rings. The Hall–Kier alpha value is -1.07. The van der Waals surface area contributed by atoms with Crippen LogP contribution in [-0.2, 0) is 15.7 Å². The van der Waals surface area contributed by atoms with Gasteiger partial charge in [0.2, 0.25) is 0 Å². The Morgan fingerprint density at radius 3 is 2.38 bits per heavy atom. The Balaban J connectivity index is 1.91. The third-order valence-corrected chi connectivity index (χ3v) is 4.69. The van der Waals surface area contributed by atoms with E-state index in [0.29, 0.717) is 6.10 Å². The van der Waals surface area contributed by atoms with Gasteiger partial charge < -0.3 is 14.0 Å². The smallest absolute Gasteiger partial charge is 0.490 e. The van der Waals surface area contributed by atoms with Crippen molar-refractivity contribution < 1.29 is 14.0 Å². The van der Waals surface area contributed by atoms with Crippen molar-refractivity contribution in [2.45, 2.75) is 71.2 Å². The summed E-state index contributed by atoms with van der Waals surface area (Å²) in [6.07, 6.45) is 5.32. The second-order valence-corrected chi connectivity index (χ2v) is 6.93. The molecule has 4 nitrogen and oxygen atoms in total. The molecule has 0 N–H and O–H groups in total. The number of hydrogen-bond donors (Lipinski definition) is 0. The van der Waals surface area contributed by atoms with Gasteiger partial charge in [-0.1, -0.05) is 6.92 Å². The predicted octanol–water partition coefficient (Wildman–Crippen LogP) is 2.48. The van der Waals surface area contributed by atoms with Crippen molar-refractivity contribution in [1.29, 1.82) is 0 Å². The molecule has 0 unspecified atom stereocenters. The number of ether oxygens (including phenoxy) is 1. The van der Waals surface area contributed by atoms with Crippen molar-refractivity contribution in [2.75, 3.05) is 0 Å². The molecule has 1 aliphatic heterocycles. The molecular formula is C16H24BNO3. The molecular weight excluding hydrogens is 265 g/mol. The monoisotopic (exact) mass is 289 g/mol. The molecule has 1 saturated carbocycles. The lowest BCUT2D eigenvalue weighted by atomic mass is 9.80. The highest BCUT2D eigenvalue weighted by Gasteiger charge is 2.53. The quantitative estimate of drug-likeness (QED) is 0.798. The molecule has 1 aromatic heterocycles. The largest absolute Gasteiger partial charge is 0.514 e. The molecule has 0 atom stereocenters. The van der Waals surface area contributed by atoms with E-state index >= 15 is 0 Å². The van der Waals surface area contributed by atoms with E-state index in [0.717, 1.165) is 36.2 Å². The van der Waals surface area contributed by atoms with E-state index < -0.39 is 7.12 Å². The lowest BCUT2D eigenvalue weighted by Gasteiger charge is -2.32. The Morgan fingerprint density at radius 1 is 1.24 bits per heavy atom. The zero-order valence-electron chi connectivity index (χ0n) is 13.6. The SMILES string of the molecule is CCc1c(OC2CC2)ccnc1B1OC(C)(C)C(C)(C)O1. The molecule has 1 saturated heterocycles. The van der Waals surface area contributed by atoms with E-state index in [-0.39, 0.29) is 11.2 Å². The summed E-state index contributed by atoms with van der Waals surface area (Å²) in [5.41, 5.74) is 1.26. The fourth-order valence-corrected chi connectivity index (χ4v) is 2.48.